The van der Waals surface area contributed by atoms with Gasteiger partial charge in [0.2, 0.25) is 0 Å². The molecule has 6 heteroatoms. The SMILES string of the molecule is CC(=O)c1nnn(-c2ccccc2)c1NCCc1ccco1. The Hall–Kier alpha value is -2.89. The number of carbonyl (C=O) groups excluding carboxylic acids is 1. The van der Waals surface area contributed by atoms with Crippen molar-refractivity contribution in [3.8, 4) is 5.69 Å². The summed E-state index contributed by atoms with van der Waals surface area (Å²) in [6, 6.07) is 13.4. The van der Waals surface area contributed by atoms with Gasteiger partial charge < -0.3 is 9.73 Å². The van der Waals surface area contributed by atoms with Crippen LogP contribution in [0.4, 0.5) is 5.82 Å². The van der Waals surface area contributed by atoms with Crippen LogP contribution in [-0.4, -0.2) is 27.3 Å². The van der Waals surface area contributed by atoms with Crippen LogP contribution in [0.1, 0.15) is 23.2 Å². The molecule has 0 spiro atoms. The van der Waals surface area contributed by atoms with Crippen molar-refractivity contribution < 1.29 is 9.21 Å². The van der Waals surface area contributed by atoms with E-state index in [9.17, 15) is 4.79 Å². The van der Waals surface area contributed by atoms with Crippen LogP contribution >= 0.6 is 0 Å². The number of hydrogen-bond donors (Lipinski definition) is 1. The minimum absolute atomic E-state index is 0.123. The molecule has 3 aromatic rings. The molecule has 0 aliphatic rings. The number of anilines is 1. The van der Waals surface area contributed by atoms with Gasteiger partial charge in [-0.2, -0.15) is 4.68 Å². The molecule has 2 heterocycles. The summed E-state index contributed by atoms with van der Waals surface area (Å²) in [6.07, 6.45) is 2.36. The number of carbonyl (C=O) groups is 1. The molecule has 0 atom stereocenters. The second-order valence-electron chi connectivity index (χ2n) is 4.85. The molecule has 0 aliphatic heterocycles. The smallest absolute Gasteiger partial charge is 0.183 e. The van der Waals surface area contributed by atoms with Crippen molar-refractivity contribution in [3.05, 3.63) is 60.2 Å². The predicted octanol–water partition coefficient (Wildman–Crippen LogP) is 2.72. The summed E-state index contributed by atoms with van der Waals surface area (Å²) in [5.41, 5.74) is 1.19. The van der Waals surface area contributed by atoms with E-state index in [0.717, 1.165) is 11.4 Å². The molecule has 6 nitrogen and oxygen atoms in total. The summed E-state index contributed by atoms with van der Waals surface area (Å²) in [5.74, 6) is 1.36. The molecule has 0 saturated heterocycles. The first kappa shape index (κ1) is 14.1. The maximum absolute atomic E-state index is 11.7. The molecule has 0 aliphatic carbocycles. The molecule has 2 aromatic heterocycles. The van der Waals surface area contributed by atoms with E-state index in [0.29, 0.717) is 24.5 Å². The van der Waals surface area contributed by atoms with E-state index in [1.165, 1.54) is 6.92 Å². The Morgan fingerprint density at radius 3 is 2.73 bits per heavy atom. The van der Waals surface area contributed by atoms with E-state index >= 15 is 0 Å². The number of furan rings is 1. The normalized spacial score (nSPS) is 10.6. The second kappa shape index (κ2) is 6.26. The summed E-state index contributed by atoms with van der Waals surface area (Å²) in [7, 11) is 0. The second-order valence-corrected chi connectivity index (χ2v) is 4.85. The molecule has 22 heavy (non-hydrogen) atoms. The van der Waals surface area contributed by atoms with Crippen molar-refractivity contribution in [3.63, 3.8) is 0 Å². The number of nitrogens with one attached hydrogen (secondary N) is 1. The molecule has 0 fully saturated rings. The zero-order valence-electron chi connectivity index (χ0n) is 12.2. The first-order chi connectivity index (χ1) is 10.8. The summed E-state index contributed by atoms with van der Waals surface area (Å²) in [4.78, 5) is 11.7. The van der Waals surface area contributed by atoms with Crippen molar-refractivity contribution in [2.24, 2.45) is 0 Å². The van der Waals surface area contributed by atoms with Crippen LogP contribution in [0.25, 0.3) is 5.69 Å². The molecule has 1 aromatic carbocycles. The summed E-state index contributed by atoms with van der Waals surface area (Å²) < 4.78 is 6.94. The van der Waals surface area contributed by atoms with Crippen LogP contribution in [0.2, 0.25) is 0 Å². The number of ketones is 1. The van der Waals surface area contributed by atoms with Gasteiger partial charge in [-0.15, -0.1) is 5.10 Å². The average Bonchev–Trinajstić information content (AvgIpc) is 3.17. The third-order valence-corrected chi connectivity index (χ3v) is 3.25. The first-order valence-corrected chi connectivity index (χ1v) is 7.04. The lowest BCUT2D eigenvalue weighted by atomic mass is 10.2. The molecule has 0 bridgehead atoms. The fourth-order valence-corrected chi connectivity index (χ4v) is 2.19. The highest BCUT2D eigenvalue weighted by Crippen LogP contribution is 2.18. The number of hydrogen-bond acceptors (Lipinski definition) is 5. The summed E-state index contributed by atoms with van der Waals surface area (Å²) in [5, 5.41) is 11.3. The van der Waals surface area contributed by atoms with Crippen LogP contribution in [0.15, 0.2) is 53.1 Å². The highest BCUT2D eigenvalue weighted by molar-refractivity contribution is 5.96. The molecule has 112 valence electrons. The Kier molecular flexibility index (Phi) is 4.00. The van der Waals surface area contributed by atoms with Crippen LogP contribution in [-0.2, 0) is 6.42 Å². The Balaban J connectivity index is 1.84. The molecule has 3 rings (SSSR count). The Bertz CT molecular complexity index is 748. The topological polar surface area (TPSA) is 73.0 Å². The lowest BCUT2D eigenvalue weighted by Gasteiger charge is -2.09. The van der Waals surface area contributed by atoms with Gasteiger partial charge in [0.1, 0.15) is 5.76 Å². The Morgan fingerprint density at radius 2 is 2.05 bits per heavy atom. The zero-order valence-corrected chi connectivity index (χ0v) is 12.2. The number of para-hydroxylation sites is 1. The number of aromatic nitrogens is 3. The third-order valence-electron chi connectivity index (χ3n) is 3.25. The number of rotatable bonds is 6. The van der Waals surface area contributed by atoms with Gasteiger partial charge in [-0.05, 0) is 24.3 Å². The van der Waals surface area contributed by atoms with Crippen LogP contribution in [0.5, 0.6) is 0 Å². The van der Waals surface area contributed by atoms with Crippen LogP contribution < -0.4 is 5.32 Å². The van der Waals surface area contributed by atoms with E-state index in [2.05, 4.69) is 15.6 Å². The van der Waals surface area contributed by atoms with Gasteiger partial charge in [-0.25, -0.2) is 0 Å². The molecule has 0 amide bonds. The van der Waals surface area contributed by atoms with Gasteiger partial charge in [0, 0.05) is 19.9 Å². The van der Waals surface area contributed by atoms with Gasteiger partial charge in [0.05, 0.1) is 12.0 Å². The molecule has 0 saturated carbocycles. The minimum atomic E-state index is -0.123. The van der Waals surface area contributed by atoms with Gasteiger partial charge in [0.15, 0.2) is 17.3 Å². The molecule has 0 radical (unpaired) electrons. The van der Waals surface area contributed by atoms with Gasteiger partial charge in [-0.3, -0.25) is 4.79 Å². The maximum atomic E-state index is 11.7. The third kappa shape index (κ3) is 2.90. The fraction of sp³-hybridized carbons (Fsp3) is 0.188. The predicted molar refractivity (Wildman–Crippen MR) is 82.3 cm³/mol. The summed E-state index contributed by atoms with van der Waals surface area (Å²) >= 11 is 0. The van der Waals surface area contributed by atoms with Gasteiger partial charge in [-0.1, -0.05) is 23.4 Å². The largest absolute Gasteiger partial charge is 0.469 e. The average molecular weight is 296 g/mol. The van der Waals surface area contributed by atoms with E-state index < -0.39 is 0 Å². The Morgan fingerprint density at radius 1 is 1.23 bits per heavy atom. The zero-order chi connectivity index (χ0) is 15.4. The highest BCUT2D eigenvalue weighted by atomic mass is 16.3. The van der Waals surface area contributed by atoms with Crippen molar-refractivity contribution in [2.75, 3.05) is 11.9 Å². The van der Waals surface area contributed by atoms with E-state index in [-0.39, 0.29) is 5.78 Å². The standard InChI is InChI=1S/C16H16N4O2/c1-12(21)15-16(17-10-9-14-8-5-11-22-14)20(19-18-15)13-6-3-2-4-7-13/h2-8,11,17H,9-10H2,1H3. The summed E-state index contributed by atoms with van der Waals surface area (Å²) in [6.45, 7) is 2.10. The van der Waals surface area contributed by atoms with Crippen LogP contribution in [0, 0.1) is 0 Å². The maximum Gasteiger partial charge on any atom is 0.183 e. The first-order valence-electron chi connectivity index (χ1n) is 7.04. The van der Waals surface area contributed by atoms with Gasteiger partial charge in [0.25, 0.3) is 0 Å². The van der Waals surface area contributed by atoms with Crippen molar-refractivity contribution in [2.45, 2.75) is 13.3 Å². The monoisotopic (exact) mass is 296 g/mol. The molecular formula is C16H16N4O2. The Labute approximate surface area is 127 Å². The number of Topliss-reactive ketones (excluding diaryl/α,β-unsaturated/α-hetero) is 1. The van der Waals surface area contributed by atoms with Crippen molar-refractivity contribution in [1.29, 1.82) is 0 Å². The lowest BCUT2D eigenvalue weighted by molar-refractivity contribution is 0.101. The van der Waals surface area contributed by atoms with Crippen molar-refractivity contribution >= 4 is 11.6 Å². The van der Waals surface area contributed by atoms with E-state index in [4.69, 9.17) is 4.42 Å². The van der Waals surface area contributed by atoms with E-state index in [1.54, 1.807) is 10.9 Å². The highest BCUT2D eigenvalue weighted by Gasteiger charge is 2.17. The molecule has 0 unspecified atom stereocenters. The van der Waals surface area contributed by atoms with Crippen molar-refractivity contribution in [1.82, 2.24) is 15.0 Å². The fourth-order valence-electron chi connectivity index (χ4n) is 2.19. The minimum Gasteiger partial charge on any atom is -0.469 e. The number of benzene rings is 1. The van der Waals surface area contributed by atoms with Crippen LogP contribution in [0.3, 0.4) is 0 Å². The van der Waals surface area contributed by atoms with E-state index in [1.807, 2.05) is 42.5 Å². The van der Waals surface area contributed by atoms with Gasteiger partial charge >= 0.3 is 0 Å². The number of nitrogens with zero attached hydrogens (tertiary/aromatic N) is 3. The lowest BCUT2D eigenvalue weighted by Crippen LogP contribution is -2.12. The molecule has 1 N–H and O–H groups in total. The quantitative estimate of drug-likeness (QED) is 0.708. The molecular weight excluding hydrogens is 280 g/mol.